The van der Waals surface area contributed by atoms with E-state index >= 15 is 0 Å². The number of hydrogen-bond acceptors (Lipinski definition) is 4. The van der Waals surface area contributed by atoms with Gasteiger partial charge in [-0.1, -0.05) is 0 Å². The SMILES string of the molecule is Cc1cc(N(CC2CC2)C2CC2)nc(N)n1. The van der Waals surface area contributed by atoms with Crippen molar-refractivity contribution in [3.05, 3.63) is 11.8 Å². The van der Waals surface area contributed by atoms with Crippen LogP contribution in [0.25, 0.3) is 0 Å². The van der Waals surface area contributed by atoms with E-state index in [0.717, 1.165) is 24.0 Å². The van der Waals surface area contributed by atoms with Crippen LogP contribution in [0.2, 0.25) is 0 Å². The van der Waals surface area contributed by atoms with E-state index in [-0.39, 0.29) is 0 Å². The first-order chi connectivity index (χ1) is 7.72. The maximum Gasteiger partial charge on any atom is 0.222 e. The van der Waals surface area contributed by atoms with Crippen LogP contribution < -0.4 is 10.6 Å². The Hall–Kier alpha value is -1.32. The van der Waals surface area contributed by atoms with E-state index in [1.54, 1.807) is 0 Å². The van der Waals surface area contributed by atoms with Crippen molar-refractivity contribution < 1.29 is 0 Å². The molecule has 0 aromatic carbocycles. The highest BCUT2D eigenvalue weighted by Crippen LogP contribution is 2.37. The van der Waals surface area contributed by atoms with Gasteiger partial charge in [0.1, 0.15) is 5.82 Å². The summed E-state index contributed by atoms with van der Waals surface area (Å²) in [6, 6.07) is 2.76. The summed E-state index contributed by atoms with van der Waals surface area (Å²) in [5, 5.41) is 0. The first-order valence-electron chi connectivity index (χ1n) is 6.10. The average Bonchev–Trinajstić information content (AvgIpc) is 3.07. The van der Waals surface area contributed by atoms with Crippen LogP contribution in [-0.2, 0) is 0 Å². The third-order valence-corrected chi connectivity index (χ3v) is 3.29. The first-order valence-corrected chi connectivity index (χ1v) is 6.10. The van der Waals surface area contributed by atoms with Crippen LogP contribution in [-0.4, -0.2) is 22.6 Å². The molecule has 2 N–H and O–H groups in total. The number of nitrogen functional groups attached to an aromatic ring is 1. The summed E-state index contributed by atoms with van der Waals surface area (Å²) in [4.78, 5) is 10.9. The lowest BCUT2D eigenvalue weighted by molar-refractivity contribution is 0.707. The molecule has 0 bridgehead atoms. The Morgan fingerprint density at radius 2 is 2.06 bits per heavy atom. The zero-order valence-corrected chi connectivity index (χ0v) is 9.69. The van der Waals surface area contributed by atoms with E-state index in [1.807, 2.05) is 6.92 Å². The number of anilines is 2. The Kier molecular flexibility index (Phi) is 2.23. The fraction of sp³-hybridized carbons (Fsp3) is 0.667. The average molecular weight is 218 g/mol. The molecule has 0 spiro atoms. The Morgan fingerprint density at radius 3 is 2.62 bits per heavy atom. The zero-order valence-electron chi connectivity index (χ0n) is 9.69. The lowest BCUT2D eigenvalue weighted by Crippen LogP contribution is -2.29. The van der Waals surface area contributed by atoms with Gasteiger partial charge in [0.2, 0.25) is 5.95 Å². The van der Waals surface area contributed by atoms with Crippen molar-refractivity contribution >= 4 is 11.8 Å². The monoisotopic (exact) mass is 218 g/mol. The van der Waals surface area contributed by atoms with Gasteiger partial charge in [-0.15, -0.1) is 0 Å². The van der Waals surface area contributed by atoms with Crippen LogP contribution in [0.15, 0.2) is 6.07 Å². The van der Waals surface area contributed by atoms with Gasteiger partial charge >= 0.3 is 0 Å². The molecule has 2 aliphatic rings. The summed E-state index contributed by atoms with van der Waals surface area (Å²) >= 11 is 0. The maximum absolute atomic E-state index is 5.72. The van der Waals surface area contributed by atoms with E-state index in [9.17, 15) is 0 Å². The zero-order chi connectivity index (χ0) is 11.1. The molecular formula is C12H18N4. The number of nitrogens with two attached hydrogens (primary N) is 1. The standard InChI is InChI=1S/C12H18N4/c1-8-6-11(15-12(13)14-8)16(10-4-5-10)7-9-2-3-9/h6,9-10H,2-5,7H2,1H3,(H2,13,14,15). The number of nitrogens with zero attached hydrogens (tertiary/aromatic N) is 3. The van der Waals surface area contributed by atoms with E-state index < -0.39 is 0 Å². The van der Waals surface area contributed by atoms with Crippen molar-refractivity contribution in [1.82, 2.24) is 9.97 Å². The fourth-order valence-electron chi connectivity index (χ4n) is 2.12. The third-order valence-electron chi connectivity index (χ3n) is 3.29. The van der Waals surface area contributed by atoms with Gasteiger partial charge < -0.3 is 10.6 Å². The molecule has 0 aliphatic heterocycles. The van der Waals surface area contributed by atoms with Gasteiger partial charge in [-0.05, 0) is 38.5 Å². The molecule has 0 atom stereocenters. The molecule has 2 aliphatic carbocycles. The molecule has 86 valence electrons. The highest BCUT2D eigenvalue weighted by atomic mass is 15.3. The largest absolute Gasteiger partial charge is 0.368 e. The van der Waals surface area contributed by atoms with Crippen LogP contribution in [0, 0.1) is 12.8 Å². The predicted octanol–water partition coefficient (Wildman–Crippen LogP) is 1.75. The fourth-order valence-corrected chi connectivity index (χ4v) is 2.12. The molecule has 1 aromatic rings. The van der Waals surface area contributed by atoms with Crippen molar-refractivity contribution in [1.29, 1.82) is 0 Å². The molecule has 1 heterocycles. The number of rotatable bonds is 4. The van der Waals surface area contributed by atoms with Gasteiger partial charge in [-0.25, -0.2) is 4.98 Å². The van der Waals surface area contributed by atoms with Crippen molar-refractivity contribution in [2.24, 2.45) is 5.92 Å². The molecule has 3 rings (SSSR count). The summed E-state index contributed by atoms with van der Waals surface area (Å²) in [7, 11) is 0. The summed E-state index contributed by atoms with van der Waals surface area (Å²) in [5.74, 6) is 2.31. The summed E-state index contributed by atoms with van der Waals surface area (Å²) in [5.41, 5.74) is 6.68. The minimum Gasteiger partial charge on any atom is -0.368 e. The van der Waals surface area contributed by atoms with E-state index in [2.05, 4.69) is 20.9 Å². The van der Waals surface area contributed by atoms with Crippen molar-refractivity contribution in [3.8, 4) is 0 Å². The van der Waals surface area contributed by atoms with Crippen LogP contribution in [0.4, 0.5) is 11.8 Å². The van der Waals surface area contributed by atoms with Gasteiger partial charge in [0, 0.05) is 24.3 Å². The van der Waals surface area contributed by atoms with Crippen molar-refractivity contribution in [3.63, 3.8) is 0 Å². The second-order valence-corrected chi connectivity index (χ2v) is 5.05. The molecule has 0 amide bonds. The Morgan fingerprint density at radius 1 is 1.31 bits per heavy atom. The molecule has 16 heavy (non-hydrogen) atoms. The highest BCUT2D eigenvalue weighted by molar-refractivity contribution is 5.45. The third kappa shape index (κ3) is 2.10. The minimum atomic E-state index is 0.399. The van der Waals surface area contributed by atoms with Crippen molar-refractivity contribution in [2.75, 3.05) is 17.2 Å². The molecule has 0 saturated heterocycles. The number of hydrogen-bond donors (Lipinski definition) is 1. The number of aryl methyl sites for hydroxylation is 1. The molecule has 4 heteroatoms. The minimum absolute atomic E-state index is 0.399. The normalized spacial score (nSPS) is 19.8. The van der Waals surface area contributed by atoms with Crippen LogP contribution in [0.1, 0.15) is 31.4 Å². The summed E-state index contributed by atoms with van der Waals surface area (Å²) in [6.07, 6.45) is 5.36. The van der Waals surface area contributed by atoms with Crippen LogP contribution in [0.3, 0.4) is 0 Å². The topological polar surface area (TPSA) is 55.0 Å². The second kappa shape index (κ2) is 3.61. The Bertz CT molecular complexity index is 376. The predicted molar refractivity (Wildman–Crippen MR) is 64.3 cm³/mol. The molecule has 1 aromatic heterocycles. The quantitative estimate of drug-likeness (QED) is 0.836. The van der Waals surface area contributed by atoms with E-state index in [0.29, 0.717) is 12.0 Å². The Labute approximate surface area is 95.9 Å². The van der Waals surface area contributed by atoms with Crippen LogP contribution >= 0.6 is 0 Å². The molecule has 4 nitrogen and oxygen atoms in total. The van der Waals surface area contributed by atoms with E-state index in [4.69, 9.17) is 5.73 Å². The second-order valence-electron chi connectivity index (χ2n) is 5.05. The molecule has 0 unspecified atom stereocenters. The highest BCUT2D eigenvalue weighted by Gasteiger charge is 2.34. The maximum atomic E-state index is 5.72. The van der Waals surface area contributed by atoms with Crippen LogP contribution in [0.5, 0.6) is 0 Å². The molecule has 2 saturated carbocycles. The van der Waals surface area contributed by atoms with Gasteiger partial charge in [-0.3, -0.25) is 0 Å². The first kappa shape index (κ1) is 9.87. The van der Waals surface area contributed by atoms with Gasteiger partial charge in [0.25, 0.3) is 0 Å². The van der Waals surface area contributed by atoms with Crippen molar-refractivity contribution in [2.45, 2.75) is 38.6 Å². The smallest absolute Gasteiger partial charge is 0.222 e. The molecular weight excluding hydrogens is 200 g/mol. The summed E-state index contributed by atoms with van der Waals surface area (Å²) in [6.45, 7) is 3.13. The lowest BCUT2D eigenvalue weighted by Gasteiger charge is -2.23. The summed E-state index contributed by atoms with van der Waals surface area (Å²) < 4.78 is 0. The van der Waals surface area contributed by atoms with Gasteiger partial charge in [0.05, 0.1) is 0 Å². The molecule has 0 radical (unpaired) electrons. The number of aromatic nitrogens is 2. The lowest BCUT2D eigenvalue weighted by atomic mass is 10.3. The molecule has 2 fully saturated rings. The van der Waals surface area contributed by atoms with Gasteiger partial charge in [0.15, 0.2) is 0 Å². The van der Waals surface area contributed by atoms with E-state index in [1.165, 1.54) is 25.7 Å². The Balaban J connectivity index is 1.84. The van der Waals surface area contributed by atoms with Gasteiger partial charge in [-0.2, -0.15) is 4.98 Å².